The Kier molecular flexibility index (Phi) is 6.05. The quantitative estimate of drug-likeness (QED) is 0.464. The molecule has 0 saturated heterocycles. The molecule has 2 aromatic carbocycles. The Hall–Kier alpha value is -4.59. The Morgan fingerprint density at radius 1 is 1.11 bits per heavy atom. The van der Waals surface area contributed by atoms with Gasteiger partial charge < -0.3 is 9.30 Å². The van der Waals surface area contributed by atoms with Crippen molar-refractivity contribution in [3.63, 3.8) is 0 Å². The van der Waals surface area contributed by atoms with Gasteiger partial charge in [-0.3, -0.25) is 9.36 Å². The summed E-state index contributed by atoms with van der Waals surface area (Å²) in [6.45, 7) is 1.40. The van der Waals surface area contributed by atoms with Gasteiger partial charge in [-0.1, -0.05) is 18.2 Å². The second-order valence-corrected chi connectivity index (χ2v) is 7.77. The lowest BCUT2D eigenvalue weighted by atomic mass is 10.0. The topological polar surface area (TPSA) is 106 Å². The zero-order valence-electron chi connectivity index (χ0n) is 18.6. The molecule has 4 aromatic rings. The van der Waals surface area contributed by atoms with Crippen LogP contribution in [0, 0.1) is 18.3 Å². The van der Waals surface area contributed by atoms with Gasteiger partial charge in [-0.05, 0) is 53.9 Å². The van der Waals surface area contributed by atoms with E-state index in [4.69, 9.17) is 10.00 Å². The van der Waals surface area contributed by atoms with E-state index in [1.54, 1.807) is 43.3 Å². The van der Waals surface area contributed by atoms with Crippen LogP contribution in [0.2, 0.25) is 0 Å². The van der Waals surface area contributed by atoms with Gasteiger partial charge in [0.1, 0.15) is 11.3 Å². The lowest BCUT2D eigenvalue weighted by Gasteiger charge is -2.17. The first-order valence-corrected chi connectivity index (χ1v) is 10.3. The molecule has 35 heavy (non-hydrogen) atoms. The summed E-state index contributed by atoms with van der Waals surface area (Å²) >= 11 is 0. The Bertz CT molecular complexity index is 1570. The normalized spacial score (nSPS) is 11.3. The maximum Gasteiger partial charge on any atom is 0.420 e. The molecule has 11 heteroatoms. The average Bonchev–Trinajstić information content (AvgIpc) is 3.14. The number of rotatable bonds is 5. The van der Waals surface area contributed by atoms with Crippen molar-refractivity contribution in [3.05, 3.63) is 98.1 Å². The van der Waals surface area contributed by atoms with Crippen LogP contribution in [0.1, 0.15) is 22.5 Å². The molecule has 2 aromatic heterocycles. The fraction of sp³-hybridized carbons (Fsp3) is 0.167. The van der Waals surface area contributed by atoms with Crippen molar-refractivity contribution < 1.29 is 17.9 Å². The predicted octanol–water partition coefficient (Wildman–Crippen LogP) is 3.98. The molecule has 4 rings (SSSR count). The summed E-state index contributed by atoms with van der Waals surface area (Å²) < 4.78 is 48.8. The fourth-order valence-corrected chi connectivity index (χ4v) is 3.49. The van der Waals surface area contributed by atoms with Crippen molar-refractivity contribution in [1.82, 2.24) is 19.3 Å². The summed E-state index contributed by atoms with van der Waals surface area (Å²) in [5, 5.41) is 15.1. The zero-order valence-corrected chi connectivity index (χ0v) is 18.6. The lowest BCUT2D eigenvalue weighted by Crippen LogP contribution is -2.26. The van der Waals surface area contributed by atoms with Gasteiger partial charge in [0.15, 0.2) is 5.82 Å². The molecule has 178 valence electrons. The molecule has 0 radical (unpaired) electrons. The molecule has 0 atom stereocenters. The molecule has 8 nitrogen and oxygen atoms in total. The van der Waals surface area contributed by atoms with Crippen LogP contribution >= 0.6 is 0 Å². The highest BCUT2D eigenvalue weighted by atomic mass is 19.4. The zero-order chi connectivity index (χ0) is 25.3. The number of aryl methyl sites for hydroxylation is 1. The van der Waals surface area contributed by atoms with Crippen LogP contribution in [0.25, 0.3) is 11.1 Å². The van der Waals surface area contributed by atoms with Crippen LogP contribution in [0.4, 0.5) is 13.2 Å². The van der Waals surface area contributed by atoms with Crippen LogP contribution in [-0.4, -0.2) is 19.3 Å². The Labute approximate surface area is 196 Å². The first kappa shape index (κ1) is 23.6. The van der Waals surface area contributed by atoms with Gasteiger partial charge in [0.05, 0.1) is 18.2 Å². The standard InChI is InChI=1S/C24H18F3N5O3/c1-14-10-17(16-5-3-4-15(11-16)12-28)6-7-19(14)35-21-18(24(25,26)27)8-9-32(22(21)33)13-20-29-30-23(34)31(20)2/h3-11H,13H2,1-2H3,(H,30,34). The molecule has 0 bridgehead atoms. The summed E-state index contributed by atoms with van der Waals surface area (Å²) in [6, 6.07) is 14.5. The fourth-order valence-electron chi connectivity index (χ4n) is 3.49. The van der Waals surface area contributed by atoms with E-state index in [2.05, 4.69) is 16.3 Å². The number of aromatic nitrogens is 4. The van der Waals surface area contributed by atoms with Gasteiger partial charge in [0, 0.05) is 13.2 Å². The first-order chi connectivity index (χ1) is 16.6. The number of benzene rings is 2. The number of nitriles is 1. The molecular formula is C24H18F3N5O3. The minimum atomic E-state index is -4.83. The van der Waals surface area contributed by atoms with E-state index in [0.717, 1.165) is 32.5 Å². The summed E-state index contributed by atoms with van der Waals surface area (Å²) in [7, 11) is 1.42. The monoisotopic (exact) mass is 481 g/mol. The lowest BCUT2D eigenvalue weighted by molar-refractivity contribution is -0.138. The highest BCUT2D eigenvalue weighted by Gasteiger charge is 2.36. The molecular weight excluding hydrogens is 463 g/mol. The number of alkyl halides is 3. The van der Waals surface area contributed by atoms with Gasteiger partial charge in [0.2, 0.25) is 5.75 Å². The largest absolute Gasteiger partial charge is 0.451 e. The number of aromatic amines is 1. The third kappa shape index (κ3) is 4.72. The van der Waals surface area contributed by atoms with E-state index < -0.39 is 28.7 Å². The van der Waals surface area contributed by atoms with E-state index in [1.165, 1.54) is 13.1 Å². The molecule has 0 spiro atoms. The van der Waals surface area contributed by atoms with Crippen molar-refractivity contribution in [2.24, 2.45) is 7.05 Å². The molecule has 1 N–H and O–H groups in total. The van der Waals surface area contributed by atoms with E-state index in [0.29, 0.717) is 11.1 Å². The number of H-pyrrole nitrogens is 1. The highest BCUT2D eigenvalue weighted by molar-refractivity contribution is 5.67. The van der Waals surface area contributed by atoms with Crippen molar-refractivity contribution in [2.45, 2.75) is 19.6 Å². The number of hydrogen-bond donors (Lipinski definition) is 1. The molecule has 0 unspecified atom stereocenters. The highest BCUT2D eigenvalue weighted by Crippen LogP contribution is 2.37. The Balaban J connectivity index is 1.74. The minimum Gasteiger partial charge on any atom is -0.451 e. The van der Waals surface area contributed by atoms with E-state index >= 15 is 0 Å². The van der Waals surface area contributed by atoms with Crippen molar-refractivity contribution >= 4 is 0 Å². The number of halogens is 3. The number of ether oxygens (including phenoxy) is 1. The third-order valence-corrected chi connectivity index (χ3v) is 5.42. The molecule has 0 fully saturated rings. The van der Waals surface area contributed by atoms with Gasteiger partial charge >= 0.3 is 11.9 Å². The van der Waals surface area contributed by atoms with Gasteiger partial charge in [-0.2, -0.15) is 23.5 Å². The molecule has 2 heterocycles. The second kappa shape index (κ2) is 8.98. The summed E-state index contributed by atoms with van der Waals surface area (Å²) in [6.07, 6.45) is -3.85. The number of nitrogens with zero attached hydrogens (tertiary/aromatic N) is 4. The van der Waals surface area contributed by atoms with Crippen LogP contribution in [0.15, 0.2) is 64.3 Å². The van der Waals surface area contributed by atoms with Crippen molar-refractivity contribution in [3.8, 4) is 28.7 Å². The maximum atomic E-state index is 13.7. The van der Waals surface area contributed by atoms with Gasteiger partial charge in [0.25, 0.3) is 5.56 Å². The minimum absolute atomic E-state index is 0.0673. The Morgan fingerprint density at radius 3 is 2.49 bits per heavy atom. The first-order valence-electron chi connectivity index (χ1n) is 10.3. The molecule has 0 amide bonds. The van der Waals surface area contributed by atoms with Crippen LogP contribution in [0.5, 0.6) is 11.5 Å². The SMILES string of the molecule is Cc1cc(-c2cccc(C#N)c2)ccc1Oc1c(C(F)(F)F)ccn(Cc2n[nH]c(=O)n2C)c1=O. The average molecular weight is 481 g/mol. The molecule has 0 aliphatic carbocycles. The van der Waals surface area contributed by atoms with Crippen LogP contribution in [0.3, 0.4) is 0 Å². The van der Waals surface area contributed by atoms with Gasteiger partial charge in [-0.25, -0.2) is 9.89 Å². The molecule has 0 saturated carbocycles. The maximum absolute atomic E-state index is 13.7. The summed E-state index contributed by atoms with van der Waals surface area (Å²) in [5.74, 6) is -0.663. The smallest absolute Gasteiger partial charge is 0.420 e. The number of pyridine rings is 1. The van der Waals surface area contributed by atoms with Crippen molar-refractivity contribution in [2.75, 3.05) is 0 Å². The number of nitrogens with one attached hydrogen (secondary N) is 1. The van der Waals surface area contributed by atoms with Crippen LogP contribution in [-0.2, 0) is 19.8 Å². The predicted molar refractivity (Wildman–Crippen MR) is 120 cm³/mol. The van der Waals surface area contributed by atoms with Gasteiger partial charge in [-0.15, -0.1) is 0 Å². The van der Waals surface area contributed by atoms with E-state index in [9.17, 15) is 22.8 Å². The second-order valence-electron chi connectivity index (χ2n) is 7.77. The third-order valence-electron chi connectivity index (χ3n) is 5.42. The van der Waals surface area contributed by atoms with Crippen molar-refractivity contribution in [1.29, 1.82) is 5.26 Å². The Morgan fingerprint density at radius 2 is 1.86 bits per heavy atom. The summed E-state index contributed by atoms with van der Waals surface area (Å²) in [5.41, 5.74) is -0.334. The molecule has 0 aliphatic rings. The van der Waals surface area contributed by atoms with E-state index in [1.807, 2.05) is 0 Å². The van der Waals surface area contributed by atoms with E-state index in [-0.39, 0.29) is 18.1 Å². The summed E-state index contributed by atoms with van der Waals surface area (Å²) in [4.78, 5) is 24.6. The molecule has 0 aliphatic heterocycles. The van der Waals surface area contributed by atoms with Crippen LogP contribution < -0.4 is 16.0 Å². The number of hydrogen-bond acceptors (Lipinski definition) is 5.